The second-order valence-corrected chi connectivity index (χ2v) is 8.62. The Morgan fingerprint density at radius 3 is 2.88 bits per heavy atom. The molecule has 2 aliphatic rings. The van der Waals surface area contributed by atoms with Gasteiger partial charge in [-0.25, -0.2) is 0 Å². The fourth-order valence-corrected chi connectivity index (χ4v) is 5.15. The van der Waals surface area contributed by atoms with Crippen LogP contribution in [0, 0.1) is 6.57 Å². The number of rotatable bonds is 6. The predicted octanol–water partition coefficient (Wildman–Crippen LogP) is 5.30. The Hall–Kier alpha value is -2.35. The topological polar surface area (TPSA) is 103 Å². The molecule has 0 amide bonds. The molecule has 6 atom stereocenters. The predicted molar refractivity (Wildman–Crippen MR) is 118 cm³/mol. The minimum atomic E-state index is -0.658. The lowest BCUT2D eigenvalue weighted by atomic mass is 9.96. The summed E-state index contributed by atoms with van der Waals surface area (Å²) in [6, 6.07) is 10.5. The normalized spacial score (nSPS) is 29.4. The fraction of sp³-hybridized carbons (Fsp3) is 0.429. The molecule has 2 aliphatic heterocycles. The molecule has 3 heterocycles. The van der Waals surface area contributed by atoms with Crippen molar-refractivity contribution in [1.82, 2.24) is 4.98 Å². The van der Waals surface area contributed by atoms with Gasteiger partial charge in [-0.3, -0.25) is 0 Å². The summed E-state index contributed by atoms with van der Waals surface area (Å²) in [7, 11) is 0. The fourth-order valence-electron chi connectivity index (χ4n) is 3.71. The highest BCUT2D eigenvalue weighted by molar-refractivity contribution is 8.00. The number of halogens is 1. The number of pyridine rings is 1. The van der Waals surface area contributed by atoms with Gasteiger partial charge in [0.1, 0.15) is 29.9 Å². The first-order chi connectivity index (χ1) is 15.6. The van der Waals surface area contributed by atoms with Gasteiger partial charge in [0.15, 0.2) is 6.29 Å². The van der Waals surface area contributed by atoms with E-state index >= 15 is 0 Å². The molecule has 2 saturated heterocycles. The van der Waals surface area contributed by atoms with Crippen LogP contribution >= 0.6 is 23.4 Å². The van der Waals surface area contributed by atoms with Crippen LogP contribution in [0.25, 0.3) is 15.3 Å². The highest BCUT2D eigenvalue weighted by Crippen LogP contribution is 2.43. The minimum Gasteiger partial charge on any atom is -0.374 e. The molecular formula is C21H20ClN5O4S. The monoisotopic (exact) mass is 473 g/mol. The van der Waals surface area contributed by atoms with Crippen molar-refractivity contribution in [3.05, 3.63) is 75.0 Å². The summed E-state index contributed by atoms with van der Waals surface area (Å²) in [5, 5.41) is 4.43. The van der Waals surface area contributed by atoms with Gasteiger partial charge in [0, 0.05) is 22.0 Å². The number of ether oxygens (including phenoxy) is 4. The number of azide groups is 1. The summed E-state index contributed by atoms with van der Waals surface area (Å²) in [4.78, 5) is 11.1. The SMILES string of the molecule is [C-]#[N+]c1ncc(Cl)cc1S[C@H]1OC2COC(c3ccccc3)O[C@@H]2[C@H](N=[N+]=[N-])C1OCC. The van der Waals surface area contributed by atoms with Gasteiger partial charge >= 0.3 is 0 Å². The maximum absolute atomic E-state index is 9.27. The molecule has 2 fully saturated rings. The van der Waals surface area contributed by atoms with E-state index < -0.39 is 36.1 Å². The number of benzene rings is 1. The maximum atomic E-state index is 9.27. The molecule has 2 aromatic rings. The summed E-state index contributed by atoms with van der Waals surface area (Å²) in [5.74, 6) is 0.209. The molecule has 0 radical (unpaired) electrons. The van der Waals surface area contributed by atoms with Crippen molar-refractivity contribution in [2.75, 3.05) is 13.2 Å². The molecule has 0 spiro atoms. The van der Waals surface area contributed by atoms with E-state index in [0.29, 0.717) is 16.5 Å². The van der Waals surface area contributed by atoms with Crippen molar-refractivity contribution in [2.24, 2.45) is 5.11 Å². The zero-order valence-corrected chi connectivity index (χ0v) is 18.6. The van der Waals surface area contributed by atoms with Gasteiger partial charge in [-0.15, -0.1) is 16.7 Å². The third-order valence-corrected chi connectivity index (χ3v) is 6.45. The van der Waals surface area contributed by atoms with Gasteiger partial charge in [0.2, 0.25) is 0 Å². The van der Waals surface area contributed by atoms with Crippen molar-refractivity contribution in [3.8, 4) is 0 Å². The third kappa shape index (κ3) is 4.85. The van der Waals surface area contributed by atoms with Gasteiger partial charge in [-0.2, -0.15) is 0 Å². The average Bonchev–Trinajstić information content (AvgIpc) is 2.82. The largest absolute Gasteiger partial charge is 0.374 e. The zero-order chi connectivity index (χ0) is 22.5. The van der Waals surface area contributed by atoms with Crippen LogP contribution in [0.1, 0.15) is 18.8 Å². The van der Waals surface area contributed by atoms with Crippen molar-refractivity contribution in [3.63, 3.8) is 0 Å². The molecular weight excluding hydrogens is 454 g/mol. The van der Waals surface area contributed by atoms with Crippen molar-refractivity contribution in [2.45, 2.75) is 47.9 Å². The van der Waals surface area contributed by atoms with E-state index in [9.17, 15) is 5.53 Å². The lowest BCUT2D eigenvalue weighted by Gasteiger charge is -2.48. The second-order valence-electron chi connectivity index (χ2n) is 7.04. The summed E-state index contributed by atoms with van der Waals surface area (Å²) in [5.41, 5.74) is 9.55. The number of fused-ring (bicyclic) bond motifs is 1. The molecule has 9 nitrogen and oxygen atoms in total. The second kappa shape index (κ2) is 10.5. The Balaban J connectivity index is 1.62. The quantitative estimate of drug-likeness (QED) is 0.244. The average molecular weight is 474 g/mol. The maximum Gasteiger partial charge on any atom is 0.283 e. The van der Waals surface area contributed by atoms with Crippen molar-refractivity contribution < 1.29 is 18.9 Å². The lowest BCUT2D eigenvalue weighted by molar-refractivity contribution is -0.300. The Bertz CT molecular complexity index is 1030. The van der Waals surface area contributed by atoms with Crippen LogP contribution in [-0.4, -0.2) is 48.0 Å². The lowest BCUT2D eigenvalue weighted by Crippen LogP contribution is -2.60. The number of hydrogen-bond donors (Lipinski definition) is 0. The van der Waals surface area contributed by atoms with Crippen LogP contribution in [-0.2, 0) is 18.9 Å². The summed E-state index contributed by atoms with van der Waals surface area (Å²) >= 11 is 7.35. The summed E-state index contributed by atoms with van der Waals surface area (Å²) < 4.78 is 24.4. The number of thioether (sulfide) groups is 1. The van der Waals surface area contributed by atoms with Crippen LogP contribution in [0.15, 0.2) is 52.6 Å². The molecule has 32 heavy (non-hydrogen) atoms. The van der Waals surface area contributed by atoms with Crippen LogP contribution in [0.5, 0.6) is 0 Å². The highest BCUT2D eigenvalue weighted by Gasteiger charge is 2.50. The molecule has 1 aromatic heterocycles. The number of hydrogen-bond acceptors (Lipinski definition) is 7. The van der Waals surface area contributed by atoms with Gasteiger partial charge < -0.3 is 23.8 Å². The van der Waals surface area contributed by atoms with Crippen molar-refractivity contribution in [1.29, 1.82) is 0 Å². The van der Waals surface area contributed by atoms with E-state index in [2.05, 4.69) is 19.9 Å². The van der Waals surface area contributed by atoms with Crippen LogP contribution in [0.4, 0.5) is 5.82 Å². The van der Waals surface area contributed by atoms with Gasteiger partial charge in [-0.05, 0) is 18.5 Å². The molecule has 0 bridgehead atoms. The Labute approximate surface area is 194 Å². The Morgan fingerprint density at radius 2 is 2.16 bits per heavy atom. The smallest absolute Gasteiger partial charge is 0.283 e. The first-order valence-corrected chi connectivity index (χ1v) is 11.2. The molecule has 4 rings (SSSR count). The summed E-state index contributed by atoms with van der Waals surface area (Å²) in [6.45, 7) is 9.87. The molecule has 0 N–H and O–H groups in total. The Kier molecular flexibility index (Phi) is 7.50. The summed E-state index contributed by atoms with van der Waals surface area (Å²) in [6.07, 6.45) is -0.838. The Morgan fingerprint density at radius 1 is 1.34 bits per heavy atom. The van der Waals surface area contributed by atoms with Gasteiger partial charge in [-0.1, -0.05) is 53.6 Å². The van der Waals surface area contributed by atoms with Crippen LogP contribution in [0.3, 0.4) is 0 Å². The highest BCUT2D eigenvalue weighted by atomic mass is 35.5. The first kappa shape index (κ1) is 22.8. The molecule has 0 saturated carbocycles. The zero-order valence-electron chi connectivity index (χ0n) is 17.1. The van der Waals surface area contributed by atoms with Gasteiger partial charge in [0.05, 0.1) is 17.7 Å². The molecule has 1 aromatic carbocycles. The van der Waals surface area contributed by atoms with E-state index in [0.717, 1.165) is 5.56 Å². The van der Waals surface area contributed by atoms with Crippen LogP contribution < -0.4 is 0 Å². The number of nitrogens with zero attached hydrogens (tertiary/aromatic N) is 5. The number of aromatic nitrogens is 1. The van der Waals surface area contributed by atoms with Crippen molar-refractivity contribution >= 4 is 29.2 Å². The van der Waals surface area contributed by atoms with E-state index in [1.807, 2.05) is 37.3 Å². The van der Waals surface area contributed by atoms with E-state index in [1.165, 1.54) is 18.0 Å². The first-order valence-electron chi connectivity index (χ1n) is 9.97. The van der Waals surface area contributed by atoms with E-state index in [4.69, 9.17) is 37.1 Å². The van der Waals surface area contributed by atoms with E-state index in [1.54, 1.807) is 6.07 Å². The molecule has 0 aliphatic carbocycles. The minimum absolute atomic E-state index is 0.209. The third-order valence-electron chi connectivity index (χ3n) is 5.07. The standard InChI is InChI=1S/C21H20ClN5O4S/c1-3-28-18-16(26-27-23)17-14(11-29-20(31-17)12-7-5-4-6-8-12)30-21(18)32-15-9-13(22)10-25-19(15)24-2/h4-10,14,16-18,20-21H,3,11H2,1H3/t14?,16-,17-,18?,20?,21+/m0/s1. The molecule has 3 unspecified atom stereocenters. The van der Waals surface area contributed by atoms with Gasteiger partial charge in [0.25, 0.3) is 5.82 Å². The van der Waals surface area contributed by atoms with E-state index in [-0.39, 0.29) is 12.4 Å². The molecule has 11 heteroatoms. The van der Waals surface area contributed by atoms with Crippen LogP contribution in [0.2, 0.25) is 5.02 Å². The molecule has 166 valence electrons.